The Balaban J connectivity index is 2.31. The number of hydrogen-bond acceptors (Lipinski definition) is 5. The fourth-order valence-electron chi connectivity index (χ4n) is 2.61. The van der Waals surface area contributed by atoms with E-state index in [4.69, 9.17) is 9.84 Å². The summed E-state index contributed by atoms with van der Waals surface area (Å²) in [7, 11) is -3.76. The normalized spacial score (nSPS) is 23.1. The van der Waals surface area contributed by atoms with E-state index in [-0.39, 0.29) is 17.9 Å². The van der Waals surface area contributed by atoms with Crippen LogP contribution in [0.15, 0.2) is 11.0 Å². The number of nitrogens with one attached hydrogen (secondary N) is 1. The molecule has 118 valence electrons. The van der Waals surface area contributed by atoms with Gasteiger partial charge in [-0.25, -0.2) is 13.1 Å². The van der Waals surface area contributed by atoms with E-state index in [1.54, 1.807) is 13.0 Å². The zero-order chi connectivity index (χ0) is 15.7. The number of hydrogen-bond donors (Lipinski definition) is 2. The van der Waals surface area contributed by atoms with Gasteiger partial charge in [0, 0.05) is 16.4 Å². The minimum absolute atomic E-state index is 0.0840. The largest absolute Gasteiger partial charge is 0.481 e. The second-order valence-electron chi connectivity index (χ2n) is 5.39. The lowest BCUT2D eigenvalue weighted by Crippen LogP contribution is -2.55. The second kappa shape index (κ2) is 6.04. The summed E-state index contributed by atoms with van der Waals surface area (Å²) in [6, 6.07) is 1.61. The van der Waals surface area contributed by atoms with Crippen LogP contribution >= 0.6 is 11.3 Å². The zero-order valence-electron chi connectivity index (χ0n) is 12.0. The van der Waals surface area contributed by atoms with Gasteiger partial charge in [0.2, 0.25) is 10.0 Å². The molecule has 1 saturated heterocycles. The molecule has 1 aliphatic heterocycles. The van der Waals surface area contributed by atoms with Crippen molar-refractivity contribution in [2.45, 2.75) is 43.5 Å². The number of ether oxygens (including phenoxy) is 1. The van der Waals surface area contributed by atoms with Crippen molar-refractivity contribution in [3.8, 4) is 0 Å². The first-order valence-corrected chi connectivity index (χ1v) is 8.95. The zero-order valence-corrected chi connectivity index (χ0v) is 13.6. The lowest BCUT2D eigenvalue weighted by molar-refractivity contribution is -0.140. The van der Waals surface area contributed by atoms with Crippen LogP contribution in [0.3, 0.4) is 0 Å². The Labute approximate surface area is 128 Å². The molecule has 2 N–H and O–H groups in total. The highest BCUT2D eigenvalue weighted by Gasteiger charge is 2.40. The fraction of sp³-hybridized carbons (Fsp3) is 0.615. The Morgan fingerprint density at radius 2 is 2.24 bits per heavy atom. The quantitative estimate of drug-likeness (QED) is 0.855. The molecule has 21 heavy (non-hydrogen) atoms. The maximum absolute atomic E-state index is 12.6. The third-order valence-corrected chi connectivity index (χ3v) is 6.25. The molecule has 0 aliphatic carbocycles. The number of carboxylic acids is 1. The third kappa shape index (κ3) is 3.82. The Morgan fingerprint density at radius 3 is 2.71 bits per heavy atom. The molecule has 0 spiro atoms. The molecule has 0 amide bonds. The molecule has 0 bridgehead atoms. The summed E-state index contributed by atoms with van der Waals surface area (Å²) >= 11 is 1.40. The van der Waals surface area contributed by atoms with Gasteiger partial charge >= 0.3 is 5.97 Å². The Bertz CT molecular complexity index is 629. The van der Waals surface area contributed by atoms with Crippen LogP contribution < -0.4 is 4.72 Å². The maximum atomic E-state index is 12.6. The summed E-state index contributed by atoms with van der Waals surface area (Å²) < 4.78 is 33.0. The van der Waals surface area contributed by atoms with E-state index in [0.717, 1.165) is 4.88 Å². The Hall–Kier alpha value is -0.960. The van der Waals surface area contributed by atoms with Crippen molar-refractivity contribution in [1.82, 2.24) is 4.72 Å². The van der Waals surface area contributed by atoms with E-state index < -0.39 is 21.5 Å². The molecule has 6 nitrogen and oxygen atoms in total. The molecule has 0 aromatic carbocycles. The summed E-state index contributed by atoms with van der Waals surface area (Å²) in [4.78, 5) is 12.9. The Kier molecular flexibility index (Phi) is 4.72. The maximum Gasteiger partial charge on any atom is 0.305 e. The summed E-state index contributed by atoms with van der Waals surface area (Å²) in [5, 5.41) is 9.07. The predicted octanol–water partition coefficient (Wildman–Crippen LogP) is 1.67. The standard InChI is InChI=1S/C13H19NO5S2/c1-9-6-11(10(2)20-9)21(17,18)14-13(7-12(15)16)4-3-5-19-8-13/h6,14H,3-5,7-8H2,1-2H3,(H,15,16). The Morgan fingerprint density at radius 1 is 1.52 bits per heavy atom. The first-order valence-electron chi connectivity index (χ1n) is 6.65. The molecule has 2 rings (SSSR count). The lowest BCUT2D eigenvalue weighted by Gasteiger charge is -2.36. The monoisotopic (exact) mass is 333 g/mol. The average molecular weight is 333 g/mol. The van der Waals surface area contributed by atoms with Gasteiger partial charge < -0.3 is 9.84 Å². The van der Waals surface area contributed by atoms with E-state index in [0.29, 0.717) is 24.3 Å². The third-order valence-electron chi connectivity index (χ3n) is 3.45. The van der Waals surface area contributed by atoms with Crippen LogP contribution in [0.1, 0.15) is 29.0 Å². The van der Waals surface area contributed by atoms with E-state index in [2.05, 4.69) is 4.72 Å². The van der Waals surface area contributed by atoms with E-state index in [1.165, 1.54) is 11.3 Å². The van der Waals surface area contributed by atoms with Gasteiger partial charge in [0.15, 0.2) is 0 Å². The number of aryl methyl sites for hydroxylation is 2. The first-order chi connectivity index (χ1) is 9.74. The number of rotatable bonds is 5. The van der Waals surface area contributed by atoms with Crippen LogP contribution in [0, 0.1) is 13.8 Å². The molecular formula is C13H19NO5S2. The van der Waals surface area contributed by atoms with Crippen LogP contribution in [-0.4, -0.2) is 38.2 Å². The minimum Gasteiger partial charge on any atom is -0.481 e. The second-order valence-corrected chi connectivity index (χ2v) is 8.50. The highest BCUT2D eigenvalue weighted by Crippen LogP contribution is 2.29. The average Bonchev–Trinajstić information content (AvgIpc) is 2.68. The van der Waals surface area contributed by atoms with Gasteiger partial charge in [0.1, 0.15) is 0 Å². The highest BCUT2D eigenvalue weighted by atomic mass is 32.2. The van der Waals surface area contributed by atoms with Gasteiger partial charge in [0.25, 0.3) is 0 Å². The van der Waals surface area contributed by atoms with Crippen molar-refractivity contribution in [2.24, 2.45) is 0 Å². The number of carboxylic acid groups (broad SMARTS) is 1. The van der Waals surface area contributed by atoms with Gasteiger partial charge in [-0.15, -0.1) is 11.3 Å². The van der Waals surface area contributed by atoms with E-state index in [1.807, 2.05) is 6.92 Å². The van der Waals surface area contributed by atoms with Crippen molar-refractivity contribution >= 4 is 27.3 Å². The van der Waals surface area contributed by atoms with Crippen molar-refractivity contribution in [1.29, 1.82) is 0 Å². The van der Waals surface area contributed by atoms with Crippen molar-refractivity contribution in [3.05, 3.63) is 15.8 Å². The van der Waals surface area contributed by atoms with Crippen LogP contribution in [0.5, 0.6) is 0 Å². The molecule has 1 unspecified atom stereocenters. The molecule has 1 fully saturated rings. The highest BCUT2D eigenvalue weighted by molar-refractivity contribution is 7.89. The fourth-order valence-corrected chi connectivity index (χ4v) is 5.58. The number of sulfonamides is 1. The van der Waals surface area contributed by atoms with Crippen LogP contribution in [0.4, 0.5) is 0 Å². The molecular weight excluding hydrogens is 314 g/mol. The lowest BCUT2D eigenvalue weighted by atomic mass is 9.90. The SMILES string of the molecule is Cc1cc(S(=O)(=O)NC2(CC(=O)O)CCCOC2)c(C)s1. The van der Waals surface area contributed by atoms with Crippen LogP contribution in [0.2, 0.25) is 0 Å². The van der Waals surface area contributed by atoms with Crippen molar-refractivity contribution in [3.63, 3.8) is 0 Å². The molecule has 0 saturated carbocycles. The molecule has 0 radical (unpaired) electrons. The molecule has 1 aromatic heterocycles. The van der Waals surface area contributed by atoms with Gasteiger partial charge in [-0.3, -0.25) is 4.79 Å². The van der Waals surface area contributed by atoms with Crippen molar-refractivity contribution in [2.75, 3.05) is 13.2 Å². The van der Waals surface area contributed by atoms with Crippen LogP contribution in [0.25, 0.3) is 0 Å². The summed E-state index contributed by atoms with van der Waals surface area (Å²) in [6.45, 7) is 4.20. The molecule has 8 heteroatoms. The summed E-state index contributed by atoms with van der Waals surface area (Å²) in [6.07, 6.45) is 0.812. The van der Waals surface area contributed by atoms with E-state index in [9.17, 15) is 13.2 Å². The molecule has 1 aromatic rings. The van der Waals surface area contributed by atoms with Gasteiger partial charge in [-0.05, 0) is 32.8 Å². The summed E-state index contributed by atoms with van der Waals surface area (Å²) in [5.41, 5.74) is -1.06. The predicted molar refractivity (Wildman–Crippen MR) is 79.2 cm³/mol. The topological polar surface area (TPSA) is 92.7 Å². The number of carbonyl (C=O) groups is 1. The van der Waals surface area contributed by atoms with Gasteiger partial charge in [-0.2, -0.15) is 0 Å². The van der Waals surface area contributed by atoms with Gasteiger partial charge in [0.05, 0.1) is 23.5 Å². The van der Waals surface area contributed by atoms with Crippen molar-refractivity contribution < 1.29 is 23.1 Å². The molecule has 1 atom stereocenters. The first kappa shape index (κ1) is 16.4. The number of aliphatic carboxylic acids is 1. The van der Waals surface area contributed by atoms with E-state index >= 15 is 0 Å². The molecule has 2 heterocycles. The summed E-state index contributed by atoms with van der Waals surface area (Å²) in [5.74, 6) is -1.04. The van der Waals surface area contributed by atoms with Crippen LogP contribution in [-0.2, 0) is 19.6 Å². The van der Waals surface area contributed by atoms with Gasteiger partial charge in [-0.1, -0.05) is 0 Å². The number of thiophene rings is 1. The smallest absolute Gasteiger partial charge is 0.305 e. The molecule has 1 aliphatic rings. The minimum atomic E-state index is -3.76.